The van der Waals surface area contributed by atoms with E-state index in [4.69, 9.17) is 0 Å². The van der Waals surface area contributed by atoms with Crippen LogP contribution in [0.15, 0.2) is 11.6 Å². The molecule has 6 heteroatoms. The number of amides is 1. The molecule has 0 saturated carbocycles. The number of carbonyl (C=O) groups is 1. The maximum Gasteiger partial charge on any atom is 0.412 e. The second kappa shape index (κ2) is 5.30. The smallest absolute Gasteiger partial charge is 0.338 e. The Morgan fingerprint density at radius 2 is 2.00 bits per heavy atom. The SMILES string of the molecule is O=C(C1CCNCC1)N1CC=C(C(F)(F)F)CC1. The Balaban J connectivity index is 1.92. The van der Waals surface area contributed by atoms with E-state index in [1.807, 2.05) is 0 Å². The van der Waals surface area contributed by atoms with E-state index in [0.717, 1.165) is 32.0 Å². The zero-order chi connectivity index (χ0) is 13.2. The van der Waals surface area contributed by atoms with Gasteiger partial charge in [0.2, 0.25) is 5.91 Å². The Labute approximate surface area is 104 Å². The van der Waals surface area contributed by atoms with Gasteiger partial charge in [0.25, 0.3) is 0 Å². The lowest BCUT2D eigenvalue weighted by atomic mass is 9.95. The summed E-state index contributed by atoms with van der Waals surface area (Å²) in [6.45, 7) is 1.91. The Hall–Kier alpha value is -1.04. The van der Waals surface area contributed by atoms with Crippen LogP contribution in [-0.4, -0.2) is 43.2 Å². The van der Waals surface area contributed by atoms with E-state index < -0.39 is 11.7 Å². The summed E-state index contributed by atoms with van der Waals surface area (Å²) in [5.74, 6) is -0.0129. The van der Waals surface area contributed by atoms with Gasteiger partial charge in [0.1, 0.15) is 0 Å². The Morgan fingerprint density at radius 3 is 2.50 bits per heavy atom. The summed E-state index contributed by atoms with van der Waals surface area (Å²) in [7, 11) is 0. The summed E-state index contributed by atoms with van der Waals surface area (Å²) in [5.41, 5.74) is -0.503. The summed E-state index contributed by atoms with van der Waals surface area (Å²) in [4.78, 5) is 13.6. The molecule has 1 saturated heterocycles. The summed E-state index contributed by atoms with van der Waals surface area (Å²) in [5, 5.41) is 3.17. The van der Waals surface area contributed by atoms with E-state index in [1.165, 1.54) is 0 Å². The van der Waals surface area contributed by atoms with Crippen LogP contribution in [0.1, 0.15) is 19.3 Å². The minimum absolute atomic E-state index is 0.00831. The summed E-state index contributed by atoms with van der Waals surface area (Å²) < 4.78 is 37.3. The lowest BCUT2D eigenvalue weighted by Crippen LogP contribution is -2.43. The van der Waals surface area contributed by atoms with Gasteiger partial charge >= 0.3 is 6.18 Å². The molecule has 3 nitrogen and oxygen atoms in total. The minimum Gasteiger partial charge on any atom is -0.338 e. The number of nitrogens with zero attached hydrogens (tertiary/aromatic N) is 1. The van der Waals surface area contributed by atoms with Crippen LogP contribution in [0.3, 0.4) is 0 Å². The molecule has 0 aromatic heterocycles. The average Bonchev–Trinajstić information content (AvgIpc) is 2.38. The van der Waals surface area contributed by atoms with Crippen LogP contribution in [0.25, 0.3) is 0 Å². The molecule has 0 unspecified atom stereocenters. The van der Waals surface area contributed by atoms with Gasteiger partial charge in [-0.3, -0.25) is 4.79 Å². The lowest BCUT2D eigenvalue weighted by Gasteiger charge is -2.32. The van der Waals surface area contributed by atoms with Crippen molar-refractivity contribution >= 4 is 5.91 Å². The van der Waals surface area contributed by atoms with Gasteiger partial charge in [-0.05, 0) is 32.4 Å². The highest BCUT2D eigenvalue weighted by atomic mass is 19.4. The van der Waals surface area contributed by atoms with Crippen LogP contribution >= 0.6 is 0 Å². The van der Waals surface area contributed by atoms with E-state index in [9.17, 15) is 18.0 Å². The number of piperidine rings is 1. The zero-order valence-corrected chi connectivity index (χ0v) is 10.1. The molecular formula is C12H17F3N2O. The molecule has 2 aliphatic heterocycles. The molecule has 0 aromatic rings. The van der Waals surface area contributed by atoms with Crippen LogP contribution in [0.5, 0.6) is 0 Å². The van der Waals surface area contributed by atoms with Gasteiger partial charge in [0.05, 0.1) is 0 Å². The molecule has 1 amide bonds. The first-order chi connectivity index (χ1) is 8.48. The number of halogens is 3. The van der Waals surface area contributed by atoms with Crippen LogP contribution in [0.2, 0.25) is 0 Å². The van der Waals surface area contributed by atoms with Crippen molar-refractivity contribution in [1.82, 2.24) is 10.2 Å². The van der Waals surface area contributed by atoms with E-state index in [1.54, 1.807) is 4.90 Å². The third-order valence-electron chi connectivity index (χ3n) is 3.57. The Morgan fingerprint density at radius 1 is 1.33 bits per heavy atom. The molecule has 0 radical (unpaired) electrons. The first-order valence-electron chi connectivity index (χ1n) is 6.24. The molecule has 1 fully saturated rings. The standard InChI is InChI=1S/C12H17F3N2O/c13-12(14,15)10-3-7-17(8-4-10)11(18)9-1-5-16-6-2-9/h3,9,16H,1-2,4-8H2. The minimum atomic E-state index is -4.25. The fourth-order valence-electron chi connectivity index (χ4n) is 2.45. The molecule has 2 aliphatic rings. The van der Waals surface area contributed by atoms with Crippen LogP contribution in [-0.2, 0) is 4.79 Å². The topological polar surface area (TPSA) is 32.3 Å². The second-order valence-electron chi connectivity index (χ2n) is 4.79. The summed E-state index contributed by atoms with van der Waals surface area (Å²) >= 11 is 0. The fourth-order valence-corrected chi connectivity index (χ4v) is 2.45. The van der Waals surface area contributed by atoms with Crippen LogP contribution in [0, 0.1) is 5.92 Å². The van der Waals surface area contributed by atoms with Crippen LogP contribution in [0.4, 0.5) is 13.2 Å². The van der Waals surface area contributed by atoms with Crippen molar-refractivity contribution in [2.24, 2.45) is 5.92 Å². The molecule has 102 valence electrons. The fraction of sp³-hybridized carbons (Fsp3) is 0.750. The second-order valence-corrected chi connectivity index (χ2v) is 4.79. The zero-order valence-electron chi connectivity index (χ0n) is 10.1. The molecule has 2 heterocycles. The number of hydrogen-bond acceptors (Lipinski definition) is 2. The largest absolute Gasteiger partial charge is 0.412 e. The monoisotopic (exact) mass is 262 g/mol. The van der Waals surface area contributed by atoms with E-state index in [-0.39, 0.29) is 31.3 Å². The van der Waals surface area contributed by atoms with Crippen molar-refractivity contribution in [3.63, 3.8) is 0 Å². The van der Waals surface area contributed by atoms with Gasteiger partial charge in [-0.15, -0.1) is 0 Å². The molecule has 0 aromatic carbocycles. The van der Waals surface area contributed by atoms with Gasteiger partial charge < -0.3 is 10.2 Å². The molecule has 1 N–H and O–H groups in total. The predicted octanol–water partition coefficient (Wildman–Crippen LogP) is 1.71. The van der Waals surface area contributed by atoms with Crippen LogP contribution < -0.4 is 5.32 Å². The molecule has 18 heavy (non-hydrogen) atoms. The number of nitrogens with one attached hydrogen (secondary N) is 1. The number of rotatable bonds is 1. The van der Waals surface area contributed by atoms with Gasteiger partial charge in [-0.2, -0.15) is 13.2 Å². The van der Waals surface area contributed by atoms with Gasteiger partial charge in [0.15, 0.2) is 0 Å². The number of hydrogen-bond donors (Lipinski definition) is 1. The first kappa shape index (κ1) is 13.4. The number of carbonyl (C=O) groups excluding carboxylic acids is 1. The summed E-state index contributed by atoms with van der Waals surface area (Å²) in [6.07, 6.45) is -1.62. The van der Waals surface area contributed by atoms with Gasteiger partial charge in [-0.25, -0.2) is 0 Å². The van der Waals surface area contributed by atoms with Crippen molar-refractivity contribution in [1.29, 1.82) is 0 Å². The summed E-state index contributed by atoms with van der Waals surface area (Å²) in [6, 6.07) is 0. The molecule has 0 spiro atoms. The van der Waals surface area contributed by atoms with E-state index >= 15 is 0 Å². The quantitative estimate of drug-likeness (QED) is 0.730. The molecule has 2 rings (SSSR count). The highest BCUT2D eigenvalue weighted by Crippen LogP contribution is 2.30. The van der Waals surface area contributed by atoms with Gasteiger partial charge in [-0.1, -0.05) is 6.08 Å². The van der Waals surface area contributed by atoms with E-state index in [2.05, 4.69) is 5.32 Å². The van der Waals surface area contributed by atoms with Crippen molar-refractivity contribution in [2.45, 2.75) is 25.4 Å². The molecule has 0 bridgehead atoms. The predicted molar refractivity (Wildman–Crippen MR) is 60.9 cm³/mol. The lowest BCUT2D eigenvalue weighted by molar-refractivity contribution is -0.137. The Bertz CT molecular complexity index is 346. The first-order valence-corrected chi connectivity index (χ1v) is 6.24. The molecule has 0 aliphatic carbocycles. The average molecular weight is 262 g/mol. The maximum absolute atomic E-state index is 12.4. The molecular weight excluding hydrogens is 245 g/mol. The third kappa shape index (κ3) is 3.04. The van der Waals surface area contributed by atoms with Crippen molar-refractivity contribution < 1.29 is 18.0 Å². The van der Waals surface area contributed by atoms with Crippen molar-refractivity contribution in [2.75, 3.05) is 26.2 Å². The normalized spacial score (nSPS) is 22.8. The van der Waals surface area contributed by atoms with Crippen molar-refractivity contribution in [3.05, 3.63) is 11.6 Å². The maximum atomic E-state index is 12.4. The van der Waals surface area contributed by atoms with E-state index in [0.29, 0.717) is 0 Å². The third-order valence-corrected chi connectivity index (χ3v) is 3.57. The molecule has 0 atom stereocenters. The van der Waals surface area contributed by atoms with Crippen molar-refractivity contribution in [3.8, 4) is 0 Å². The Kier molecular flexibility index (Phi) is 3.94. The van der Waals surface area contributed by atoms with Gasteiger partial charge in [0, 0.05) is 24.6 Å². The highest BCUT2D eigenvalue weighted by molar-refractivity contribution is 5.79. The number of alkyl halides is 3. The highest BCUT2D eigenvalue weighted by Gasteiger charge is 2.36.